The molecule has 0 fully saturated rings. The third-order valence-electron chi connectivity index (χ3n) is 10.6. The Morgan fingerprint density at radius 3 is 1.56 bits per heavy atom. The fraction of sp³-hybridized carbons (Fsp3) is 0.350. The van der Waals surface area contributed by atoms with Gasteiger partial charge in [-0.3, -0.25) is 29.0 Å². The summed E-state index contributed by atoms with van der Waals surface area (Å²) in [5.74, 6) is -1.54. The van der Waals surface area contributed by atoms with Gasteiger partial charge in [-0.15, -0.1) is 0 Å². The SMILES string of the molecule is [C-]#[N+]c1cc2c3c(ccc4c5c(C#N)cc6c7c(ccc(c1c34)c75)C(=O)N(C(CC)CCCC)C6=O)C(=O)N(C(CC)CCCC)C2=O. The van der Waals surface area contributed by atoms with Crippen LogP contribution in [0.4, 0.5) is 5.69 Å². The standard InChI is InChI=1S/C40H36N4O4/c1-6-10-12-22(8-3)43-37(45)26-17-15-25-34-30(42-5)19-29-33-27(38(46)44(40(29)48)23(9-4)13-11-7-2)16-14-24(36(33)34)31-21(20-41)18-28(39(43)47)32(26)35(25)31/h14-19,22-23H,6-13H2,1-4H3. The van der Waals surface area contributed by atoms with Crippen molar-refractivity contribution in [2.45, 2.75) is 91.1 Å². The second-order valence-corrected chi connectivity index (χ2v) is 13.1. The Balaban J connectivity index is 1.57. The fourth-order valence-corrected chi connectivity index (χ4v) is 8.23. The van der Waals surface area contributed by atoms with E-state index in [2.05, 4.69) is 24.8 Å². The van der Waals surface area contributed by atoms with Crippen molar-refractivity contribution in [3.63, 3.8) is 0 Å². The number of rotatable bonds is 10. The van der Waals surface area contributed by atoms with Gasteiger partial charge in [0.05, 0.1) is 23.8 Å². The zero-order valence-electron chi connectivity index (χ0n) is 27.7. The molecule has 8 nitrogen and oxygen atoms in total. The highest BCUT2D eigenvalue weighted by atomic mass is 16.2. The van der Waals surface area contributed by atoms with Crippen molar-refractivity contribution in [3.8, 4) is 6.07 Å². The number of carbonyl (C=O) groups excluding carboxylic acids is 4. The molecule has 0 radical (unpaired) electrons. The molecule has 2 atom stereocenters. The van der Waals surface area contributed by atoms with Crippen molar-refractivity contribution in [1.82, 2.24) is 9.80 Å². The molecule has 0 aliphatic carbocycles. The number of benzene rings is 5. The summed E-state index contributed by atoms with van der Waals surface area (Å²) >= 11 is 0. The molecule has 48 heavy (non-hydrogen) atoms. The average molecular weight is 637 g/mol. The van der Waals surface area contributed by atoms with Gasteiger partial charge in [-0.1, -0.05) is 65.5 Å². The van der Waals surface area contributed by atoms with E-state index in [1.165, 1.54) is 9.80 Å². The molecule has 2 aliphatic heterocycles. The van der Waals surface area contributed by atoms with Crippen molar-refractivity contribution < 1.29 is 19.2 Å². The number of nitrogens with zero attached hydrogens (tertiary/aromatic N) is 4. The molecule has 2 heterocycles. The summed E-state index contributed by atoms with van der Waals surface area (Å²) in [5, 5.41) is 15.0. The number of carbonyl (C=O) groups is 4. The predicted octanol–water partition coefficient (Wildman–Crippen LogP) is 9.29. The van der Waals surface area contributed by atoms with Gasteiger partial charge in [-0.25, -0.2) is 4.85 Å². The summed E-state index contributed by atoms with van der Waals surface area (Å²) < 4.78 is 0. The molecule has 2 aliphatic rings. The summed E-state index contributed by atoms with van der Waals surface area (Å²) in [6.45, 7) is 16.3. The molecular weight excluding hydrogens is 600 g/mol. The van der Waals surface area contributed by atoms with Gasteiger partial charge in [-0.2, -0.15) is 5.26 Å². The minimum Gasteiger partial charge on any atom is -0.271 e. The summed E-state index contributed by atoms with van der Waals surface area (Å²) in [4.78, 5) is 63.2. The van der Waals surface area contributed by atoms with E-state index in [1.54, 1.807) is 36.4 Å². The van der Waals surface area contributed by atoms with Crippen molar-refractivity contribution in [2.75, 3.05) is 0 Å². The number of amides is 4. The maximum atomic E-state index is 14.2. The average Bonchev–Trinajstić information content (AvgIpc) is 3.11. The third-order valence-corrected chi connectivity index (χ3v) is 10.6. The Hall–Kier alpha value is -5.34. The summed E-state index contributed by atoms with van der Waals surface area (Å²) in [7, 11) is 0. The first-order chi connectivity index (χ1) is 23.3. The lowest BCUT2D eigenvalue weighted by atomic mass is 9.80. The zero-order valence-corrected chi connectivity index (χ0v) is 27.7. The van der Waals surface area contributed by atoms with Gasteiger partial charge in [0.1, 0.15) is 0 Å². The van der Waals surface area contributed by atoms with Crippen LogP contribution in [0.3, 0.4) is 0 Å². The van der Waals surface area contributed by atoms with E-state index in [1.807, 2.05) is 13.8 Å². The number of hydrogen-bond acceptors (Lipinski definition) is 5. The van der Waals surface area contributed by atoms with Gasteiger partial charge >= 0.3 is 0 Å². The second kappa shape index (κ2) is 11.7. The number of hydrogen-bond donors (Lipinski definition) is 0. The monoisotopic (exact) mass is 636 g/mol. The molecule has 0 saturated heterocycles. The Morgan fingerprint density at radius 1 is 0.646 bits per heavy atom. The zero-order chi connectivity index (χ0) is 34.0. The van der Waals surface area contributed by atoms with E-state index in [9.17, 15) is 24.4 Å². The van der Waals surface area contributed by atoms with Crippen molar-refractivity contribution >= 4 is 72.4 Å². The van der Waals surface area contributed by atoms with Crippen LogP contribution >= 0.6 is 0 Å². The predicted molar refractivity (Wildman–Crippen MR) is 187 cm³/mol. The van der Waals surface area contributed by atoms with Crippen LogP contribution in [-0.4, -0.2) is 45.5 Å². The minimum absolute atomic E-state index is 0.241. The summed E-state index contributed by atoms with van der Waals surface area (Å²) in [6.07, 6.45) is 6.29. The molecule has 240 valence electrons. The van der Waals surface area contributed by atoms with Gasteiger partial charge in [0.2, 0.25) is 0 Å². The van der Waals surface area contributed by atoms with Crippen LogP contribution in [0.1, 0.15) is 126 Å². The van der Waals surface area contributed by atoms with Crippen LogP contribution < -0.4 is 0 Å². The molecule has 4 amide bonds. The van der Waals surface area contributed by atoms with Crippen LogP contribution in [-0.2, 0) is 0 Å². The number of imide groups is 2. The number of nitriles is 1. The molecule has 0 bridgehead atoms. The van der Waals surface area contributed by atoms with Gasteiger partial charge in [0, 0.05) is 44.9 Å². The Labute approximate surface area is 279 Å². The van der Waals surface area contributed by atoms with Gasteiger partial charge < -0.3 is 0 Å². The molecule has 5 aromatic rings. The maximum Gasteiger partial charge on any atom is 0.261 e. The largest absolute Gasteiger partial charge is 0.271 e. The van der Waals surface area contributed by atoms with Crippen molar-refractivity contribution in [3.05, 3.63) is 75.6 Å². The highest BCUT2D eigenvalue weighted by Gasteiger charge is 2.41. The molecule has 0 spiro atoms. The molecular formula is C40H36N4O4. The summed E-state index contributed by atoms with van der Waals surface area (Å²) in [5.41, 5.74) is 1.89. The van der Waals surface area contributed by atoms with Gasteiger partial charge in [0.25, 0.3) is 23.6 Å². The lowest BCUT2D eigenvalue weighted by Gasteiger charge is -2.35. The molecule has 0 saturated carbocycles. The number of fused-ring (bicyclic) bond motifs is 2. The van der Waals surface area contributed by atoms with Crippen molar-refractivity contribution in [2.24, 2.45) is 0 Å². The van der Waals surface area contributed by atoms with Crippen LogP contribution in [0.25, 0.3) is 47.9 Å². The van der Waals surface area contributed by atoms with Gasteiger partial charge in [0.15, 0.2) is 5.69 Å². The Bertz CT molecular complexity index is 2160. The van der Waals surface area contributed by atoms with Crippen LogP contribution in [0.15, 0.2) is 36.4 Å². The van der Waals surface area contributed by atoms with E-state index >= 15 is 0 Å². The van der Waals surface area contributed by atoms with E-state index in [4.69, 9.17) is 6.57 Å². The highest BCUT2D eigenvalue weighted by Crippen LogP contribution is 2.50. The third kappa shape index (κ3) is 4.12. The minimum atomic E-state index is -0.415. The van der Waals surface area contributed by atoms with Gasteiger partial charge in [-0.05, 0) is 76.9 Å². The smallest absolute Gasteiger partial charge is 0.261 e. The normalized spacial score (nSPS) is 15.6. The quantitative estimate of drug-likeness (QED) is 0.0658. The number of unbranched alkanes of at least 4 members (excludes halogenated alkanes) is 2. The molecule has 8 heteroatoms. The molecule has 5 aromatic carbocycles. The van der Waals surface area contributed by atoms with E-state index < -0.39 is 11.8 Å². The molecule has 2 unspecified atom stereocenters. The van der Waals surface area contributed by atoms with E-state index in [-0.39, 0.29) is 35.1 Å². The Kier molecular flexibility index (Phi) is 7.63. The first-order valence-corrected chi connectivity index (χ1v) is 17.1. The second-order valence-electron chi connectivity index (χ2n) is 13.1. The van der Waals surface area contributed by atoms with E-state index in [0.29, 0.717) is 91.0 Å². The lowest BCUT2D eigenvalue weighted by molar-refractivity contribution is 0.0508. The fourth-order valence-electron chi connectivity index (χ4n) is 8.23. The van der Waals surface area contributed by atoms with Crippen molar-refractivity contribution in [1.29, 1.82) is 5.26 Å². The van der Waals surface area contributed by atoms with Crippen LogP contribution in [0.5, 0.6) is 0 Å². The van der Waals surface area contributed by atoms with Crippen LogP contribution in [0, 0.1) is 17.9 Å². The topological polar surface area (TPSA) is 103 Å². The van der Waals surface area contributed by atoms with E-state index in [0.717, 1.165) is 25.7 Å². The lowest BCUT2D eigenvalue weighted by Crippen LogP contribution is -2.47. The maximum absolute atomic E-state index is 14.2. The molecule has 7 rings (SSSR count). The summed E-state index contributed by atoms with van der Waals surface area (Å²) in [6, 6.07) is 12.0. The highest BCUT2D eigenvalue weighted by molar-refractivity contribution is 6.43. The first-order valence-electron chi connectivity index (χ1n) is 17.1. The first kappa shape index (κ1) is 31.3. The molecule has 0 aromatic heterocycles. The molecule has 0 N–H and O–H groups in total. The Morgan fingerprint density at radius 2 is 1.10 bits per heavy atom. The van der Waals surface area contributed by atoms with Crippen LogP contribution in [0.2, 0.25) is 0 Å².